The summed E-state index contributed by atoms with van der Waals surface area (Å²) >= 11 is 0. The van der Waals surface area contributed by atoms with Crippen LogP contribution in [0.3, 0.4) is 0 Å². The molecule has 0 bridgehead atoms. The summed E-state index contributed by atoms with van der Waals surface area (Å²) in [5.41, 5.74) is 11.4. The van der Waals surface area contributed by atoms with E-state index in [9.17, 15) is 0 Å². The highest BCUT2D eigenvalue weighted by Crippen LogP contribution is 2.08. The van der Waals surface area contributed by atoms with Gasteiger partial charge in [-0.1, -0.05) is 0 Å². The Bertz CT molecular complexity index is 348. The minimum atomic E-state index is 0.181. The third-order valence-corrected chi connectivity index (χ3v) is 5.24. The lowest BCUT2D eigenvalue weighted by Crippen LogP contribution is -2.44. The highest BCUT2D eigenvalue weighted by Gasteiger charge is 2.16. The van der Waals surface area contributed by atoms with Gasteiger partial charge in [0.1, 0.15) is 0 Å². The van der Waals surface area contributed by atoms with E-state index in [1.165, 1.54) is 0 Å². The molecule has 29 heavy (non-hydrogen) atoms. The van der Waals surface area contributed by atoms with Gasteiger partial charge >= 0.3 is 0 Å². The molecule has 0 atom stereocenters. The van der Waals surface area contributed by atoms with Gasteiger partial charge in [0.2, 0.25) is 0 Å². The maximum atomic E-state index is 5.51. The highest BCUT2D eigenvalue weighted by molar-refractivity contribution is 4.79. The molecule has 0 aliphatic rings. The van der Waals surface area contributed by atoms with Crippen molar-refractivity contribution < 1.29 is 0 Å². The zero-order valence-corrected chi connectivity index (χ0v) is 20.0. The molecule has 0 aromatic heterocycles. The largest absolute Gasteiger partial charge is 0.330 e. The van der Waals surface area contributed by atoms with Crippen LogP contribution in [0.5, 0.6) is 0 Å². The van der Waals surface area contributed by atoms with Crippen molar-refractivity contribution >= 4 is 0 Å². The lowest BCUT2D eigenvalue weighted by atomic mass is 10.00. The molecule has 0 radical (unpaired) electrons. The lowest BCUT2D eigenvalue weighted by molar-refractivity contribution is 0.342. The van der Waals surface area contributed by atoms with Crippen LogP contribution < -0.4 is 38.1 Å². The summed E-state index contributed by atoms with van der Waals surface area (Å²) in [6, 6.07) is 0. The molecule has 0 spiro atoms. The fourth-order valence-corrected chi connectivity index (χ4v) is 3.09. The Morgan fingerprint density at radius 1 is 0.483 bits per heavy atom. The van der Waals surface area contributed by atoms with Crippen LogP contribution in [-0.4, -0.2) is 76.5 Å². The average molecular weight is 416 g/mol. The van der Waals surface area contributed by atoms with Crippen LogP contribution in [0.2, 0.25) is 0 Å². The number of nitrogens with two attached hydrogens (primary N) is 2. The van der Waals surface area contributed by atoms with Gasteiger partial charge in [-0.3, -0.25) is 0 Å². The third kappa shape index (κ3) is 20.8. The minimum absolute atomic E-state index is 0.181. The smallest absolute Gasteiger partial charge is 0.0137 e. The van der Waals surface area contributed by atoms with Gasteiger partial charge in [-0.15, -0.1) is 0 Å². The second-order valence-electron chi connectivity index (χ2n) is 9.36. The van der Waals surface area contributed by atoms with Gasteiger partial charge in [0.05, 0.1) is 0 Å². The van der Waals surface area contributed by atoms with Gasteiger partial charge in [-0.2, -0.15) is 0 Å². The minimum Gasteiger partial charge on any atom is -0.330 e. The van der Waals surface area contributed by atoms with E-state index in [2.05, 4.69) is 54.3 Å². The first-order valence-corrected chi connectivity index (χ1v) is 11.9. The van der Waals surface area contributed by atoms with Crippen molar-refractivity contribution in [2.45, 2.75) is 77.3 Å². The molecule has 0 rings (SSSR count). The van der Waals surface area contributed by atoms with Crippen molar-refractivity contribution in [3.05, 3.63) is 0 Å². The van der Waals surface area contributed by atoms with E-state index in [0.717, 1.165) is 104 Å². The first-order valence-electron chi connectivity index (χ1n) is 11.9. The Morgan fingerprint density at radius 3 is 1.21 bits per heavy atom. The molecule has 9 N–H and O–H groups in total. The Kier molecular flexibility index (Phi) is 18.3. The molecule has 0 saturated carbocycles. The predicted octanol–water partition coefficient (Wildman–Crippen LogP) is 0.750. The molecule has 0 aromatic carbocycles. The molecule has 0 heterocycles. The van der Waals surface area contributed by atoms with Crippen molar-refractivity contribution in [2.24, 2.45) is 11.5 Å². The molecular weight excluding hydrogens is 362 g/mol. The number of hydrogen-bond acceptors (Lipinski definition) is 7. The summed E-state index contributed by atoms with van der Waals surface area (Å²) in [6.45, 7) is 19.1. The molecule has 0 aromatic rings. The van der Waals surface area contributed by atoms with Crippen LogP contribution in [-0.2, 0) is 0 Å². The topological polar surface area (TPSA) is 112 Å². The molecule has 0 fully saturated rings. The summed E-state index contributed by atoms with van der Waals surface area (Å²) in [6.07, 6.45) is 6.70. The summed E-state index contributed by atoms with van der Waals surface area (Å²) in [7, 11) is 0. The van der Waals surface area contributed by atoms with Gasteiger partial charge < -0.3 is 38.1 Å². The van der Waals surface area contributed by atoms with Crippen LogP contribution >= 0.6 is 0 Å². The third-order valence-electron chi connectivity index (χ3n) is 5.24. The standard InChI is InChI=1S/C22H53N7/c1-21(2,9-19-26-14-6-12-24)29-18-8-16-27-20-10-22(3,4)28-17-7-15-25-13-5-11-23/h25-29H,5-20,23-24H2,1-4H3. The van der Waals surface area contributed by atoms with E-state index in [4.69, 9.17) is 11.5 Å². The fourth-order valence-electron chi connectivity index (χ4n) is 3.09. The van der Waals surface area contributed by atoms with Crippen molar-refractivity contribution in [3.63, 3.8) is 0 Å². The van der Waals surface area contributed by atoms with Crippen molar-refractivity contribution in [2.75, 3.05) is 65.4 Å². The number of rotatable bonds is 22. The molecule has 0 saturated heterocycles. The van der Waals surface area contributed by atoms with E-state index >= 15 is 0 Å². The fraction of sp³-hybridized carbons (Fsp3) is 1.00. The van der Waals surface area contributed by atoms with Gasteiger partial charge in [0.25, 0.3) is 0 Å². The maximum Gasteiger partial charge on any atom is 0.0137 e. The molecule has 0 aliphatic carbocycles. The quantitative estimate of drug-likeness (QED) is 0.131. The van der Waals surface area contributed by atoms with Crippen molar-refractivity contribution in [1.82, 2.24) is 26.6 Å². The van der Waals surface area contributed by atoms with Crippen molar-refractivity contribution in [1.29, 1.82) is 0 Å². The second-order valence-corrected chi connectivity index (χ2v) is 9.36. The first-order chi connectivity index (χ1) is 13.8. The van der Waals surface area contributed by atoms with Crippen LogP contribution in [0, 0.1) is 0 Å². The zero-order chi connectivity index (χ0) is 21.8. The van der Waals surface area contributed by atoms with Crippen LogP contribution in [0.15, 0.2) is 0 Å². The Hall–Kier alpha value is -0.280. The van der Waals surface area contributed by atoms with Gasteiger partial charge in [0.15, 0.2) is 0 Å². The summed E-state index contributed by atoms with van der Waals surface area (Å²) in [5.74, 6) is 0. The molecular formula is C22H53N7. The Balaban J connectivity index is 3.54. The maximum absolute atomic E-state index is 5.51. The van der Waals surface area contributed by atoms with Crippen molar-refractivity contribution in [3.8, 4) is 0 Å². The predicted molar refractivity (Wildman–Crippen MR) is 129 cm³/mol. The summed E-state index contributed by atoms with van der Waals surface area (Å²) < 4.78 is 0. The van der Waals surface area contributed by atoms with E-state index in [1.54, 1.807) is 0 Å². The molecule has 0 unspecified atom stereocenters. The Morgan fingerprint density at radius 2 is 0.828 bits per heavy atom. The monoisotopic (exact) mass is 415 g/mol. The summed E-state index contributed by atoms with van der Waals surface area (Å²) in [4.78, 5) is 0. The SMILES string of the molecule is CC(C)(CCNCCCNC(C)(C)CCNCCCN)NCCCNCCCN. The normalized spacial score (nSPS) is 12.6. The van der Waals surface area contributed by atoms with Gasteiger partial charge in [-0.25, -0.2) is 0 Å². The van der Waals surface area contributed by atoms with Crippen LogP contribution in [0.1, 0.15) is 66.2 Å². The van der Waals surface area contributed by atoms with Gasteiger partial charge in [0, 0.05) is 11.1 Å². The van der Waals surface area contributed by atoms with E-state index in [-0.39, 0.29) is 11.1 Å². The van der Waals surface area contributed by atoms with Crippen LogP contribution in [0.25, 0.3) is 0 Å². The molecule has 7 heteroatoms. The zero-order valence-electron chi connectivity index (χ0n) is 20.0. The molecule has 0 aliphatic heterocycles. The Labute approximate surface area is 181 Å². The molecule has 176 valence electrons. The lowest BCUT2D eigenvalue weighted by Gasteiger charge is -2.27. The highest BCUT2D eigenvalue weighted by atomic mass is 15.0. The number of hydrogen-bond donors (Lipinski definition) is 7. The second kappa shape index (κ2) is 18.5. The van der Waals surface area contributed by atoms with E-state index in [1.807, 2.05) is 0 Å². The molecule has 0 amide bonds. The number of nitrogens with one attached hydrogen (secondary N) is 5. The molecule has 7 nitrogen and oxygen atoms in total. The first kappa shape index (κ1) is 28.7. The van der Waals surface area contributed by atoms with E-state index in [0.29, 0.717) is 0 Å². The average Bonchev–Trinajstić information content (AvgIpc) is 2.66. The van der Waals surface area contributed by atoms with Crippen LogP contribution in [0.4, 0.5) is 0 Å². The van der Waals surface area contributed by atoms with E-state index < -0.39 is 0 Å². The van der Waals surface area contributed by atoms with Gasteiger partial charge in [-0.05, 0) is 132 Å². The summed E-state index contributed by atoms with van der Waals surface area (Å²) in [5, 5.41) is 17.8.